The lowest BCUT2D eigenvalue weighted by Gasteiger charge is -2.15. The van der Waals surface area contributed by atoms with Crippen molar-refractivity contribution < 1.29 is 9.47 Å². The summed E-state index contributed by atoms with van der Waals surface area (Å²) in [5.41, 5.74) is 3.22. The molecule has 0 aliphatic heterocycles. The zero-order valence-electron chi connectivity index (χ0n) is 21.0. The fourth-order valence-electron chi connectivity index (χ4n) is 4.10. The number of ether oxygens (including phenoxy) is 2. The molecular weight excluding hydrogens is 603 g/mol. The van der Waals surface area contributed by atoms with Crippen LogP contribution in [0, 0.1) is 14.9 Å². The first-order valence-electron chi connectivity index (χ1n) is 12.3. The van der Waals surface area contributed by atoms with E-state index in [2.05, 4.69) is 33.8 Å². The molecule has 0 bridgehead atoms. The van der Waals surface area contributed by atoms with Crippen molar-refractivity contribution in [2.45, 2.75) is 13.5 Å². The molecule has 8 heteroatoms. The summed E-state index contributed by atoms with van der Waals surface area (Å²) < 4.78 is 14.1. The first-order chi connectivity index (χ1) is 19.1. The third-order valence-electron chi connectivity index (χ3n) is 5.95. The predicted molar refractivity (Wildman–Crippen MR) is 160 cm³/mol. The topological polar surface area (TPSA) is 89.5 Å². The number of fused-ring (bicyclic) bond motifs is 1. The molecule has 5 aromatic rings. The van der Waals surface area contributed by atoms with E-state index < -0.39 is 0 Å². The Labute approximate surface area is 239 Å². The molecule has 0 aliphatic rings. The molecule has 0 saturated carbocycles. The summed E-state index contributed by atoms with van der Waals surface area (Å²) in [5.74, 6) is 1.58. The van der Waals surface area contributed by atoms with Gasteiger partial charge < -0.3 is 9.47 Å². The highest BCUT2D eigenvalue weighted by Gasteiger charge is 2.15. The van der Waals surface area contributed by atoms with Crippen LogP contribution in [-0.4, -0.2) is 22.5 Å². The van der Waals surface area contributed by atoms with Crippen LogP contribution in [0.25, 0.3) is 22.3 Å². The SMILES string of the molecule is CCOc1cc(C=Nn2c(-c3ccccc3)nc3ccccc3c2=O)cc(I)c1OCc1ccccc1C#N. The van der Waals surface area contributed by atoms with Gasteiger partial charge in [0.05, 0.1) is 38.9 Å². The standard InChI is InChI=1S/C31H23IN4O3/c1-2-38-28-17-21(16-26(32)29(28)39-20-24-13-7-6-12-23(24)18-33)19-34-36-30(22-10-4-3-5-11-22)35-27-15-9-8-14-25(27)31(36)37/h3-17,19H,2,20H2,1H3. The molecule has 7 nitrogen and oxygen atoms in total. The predicted octanol–water partition coefficient (Wildman–Crippen LogP) is 6.40. The lowest BCUT2D eigenvalue weighted by Crippen LogP contribution is -2.20. The summed E-state index contributed by atoms with van der Waals surface area (Å²) >= 11 is 2.19. The van der Waals surface area contributed by atoms with Gasteiger partial charge in [0.1, 0.15) is 6.61 Å². The van der Waals surface area contributed by atoms with E-state index in [4.69, 9.17) is 14.5 Å². The van der Waals surface area contributed by atoms with Gasteiger partial charge >= 0.3 is 0 Å². The minimum Gasteiger partial charge on any atom is -0.490 e. The van der Waals surface area contributed by atoms with E-state index in [1.807, 2.05) is 85.8 Å². The maximum Gasteiger partial charge on any atom is 0.282 e. The molecule has 0 fully saturated rings. The van der Waals surface area contributed by atoms with Gasteiger partial charge in [-0.15, -0.1) is 0 Å². The van der Waals surface area contributed by atoms with Crippen LogP contribution in [0.5, 0.6) is 11.5 Å². The van der Waals surface area contributed by atoms with Crippen molar-refractivity contribution in [3.8, 4) is 29.0 Å². The van der Waals surface area contributed by atoms with E-state index in [1.165, 1.54) is 4.68 Å². The van der Waals surface area contributed by atoms with E-state index in [0.29, 0.717) is 40.4 Å². The van der Waals surface area contributed by atoms with Crippen LogP contribution in [0.3, 0.4) is 0 Å². The molecule has 4 aromatic carbocycles. The molecule has 1 heterocycles. The molecule has 0 N–H and O–H groups in total. The molecule has 0 atom stereocenters. The van der Waals surface area contributed by atoms with Crippen molar-refractivity contribution in [2.75, 3.05) is 6.61 Å². The van der Waals surface area contributed by atoms with Gasteiger partial charge in [-0.1, -0.05) is 60.7 Å². The van der Waals surface area contributed by atoms with Gasteiger partial charge in [-0.25, -0.2) is 4.98 Å². The third-order valence-corrected chi connectivity index (χ3v) is 6.75. The summed E-state index contributed by atoms with van der Waals surface area (Å²) in [4.78, 5) is 18.2. The van der Waals surface area contributed by atoms with E-state index in [0.717, 1.165) is 20.3 Å². The highest BCUT2D eigenvalue weighted by Crippen LogP contribution is 2.35. The Balaban J connectivity index is 1.53. The molecule has 0 aliphatic carbocycles. The Morgan fingerprint density at radius 1 is 1.00 bits per heavy atom. The number of para-hydroxylation sites is 1. The molecule has 39 heavy (non-hydrogen) atoms. The molecule has 0 spiro atoms. The first kappa shape index (κ1) is 26.1. The number of rotatable bonds is 8. The molecule has 0 unspecified atom stereocenters. The number of nitriles is 1. The zero-order valence-corrected chi connectivity index (χ0v) is 23.2. The Hall–Kier alpha value is -4.49. The van der Waals surface area contributed by atoms with Crippen molar-refractivity contribution in [3.05, 3.63) is 122 Å². The van der Waals surface area contributed by atoms with Crippen LogP contribution in [0.2, 0.25) is 0 Å². The van der Waals surface area contributed by atoms with E-state index >= 15 is 0 Å². The fraction of sp³-hybridized carbons (Fsp3) is 0.0968. The number of halogens is 1. The molecule has 0 saturated heterocycles. The van der Waals surface area contributed by atoms with Gasteiger partial charge in [0.25, 0.3) is 5.56 Å². The minimum atomic E-state index is -0.258. The van der Waals surface area contributed by atoms with E-state index in [1.54, 1.807) is 18.3 Å². The lowest BCUT2D eigenvalue weighted by molar-refractivity contribution is 0.267. The number of hydrogen-bond donors (Lipinski definition) is 0. The number of benzene rings is 4. The average molecular weight is 626 g/mol. The highest BCUT2D eigenvalue weighted by molar-refractivity contribution is 14.1. The van der Waals surface area contributed by atoms with Crippen molar-refractivity contribution >= 4 is 39.7 Å². The number of nitrogens with zero attached hydrogens (tertiary/aromatic N) is 4. The summed E-state index contributed by atoms with van der Waals surface area (Å²) in [6.45, 7) is 2.56. The molecule has 5 rings (SSSR count). The quantitative estimate of drug-likeness (QED) is 0.147. The van der Waals surface area contributed by atoms with Crippen LogP contribution >= 0.6 is 22.6 Å². The van der Waals surface area contributed by atoms with E-state index in [-0.39, 0.29) is 12.2 Å². The second-order valence-corrected chi connectivity index (χ2v) is 9.66. The smallest absolute Gasteiger partial charge is 0.282 e. The van der Waals surface area contributed by atoms with Crippen LogP contribution in [0.1, 0.15) is 23.6 Å². The highest BCUT2D eigenvalue weighted by atomic mass is 127. The van der Waals surface area contributed by atoms with Crippen molar-refractivity contribution in [3.63, 3.8) is 0 Å². The maximum atomic E-state index is 13.4. The molecule has 0 amide bonds. The molecule has 0 radical (unpaired) electrons. The summed E-state index contributed by atoms with van der Waals surface area (Å²) in [7, 11) is 0. The summed E-state index contributed by atoms with van der Waals surface area (Å²) in [6, 6.07) is 30.0. The van der Waals surface area contributed by atoms with Gasteiger partial charge in [-0.2, -0.15) is 15.0 Å². The molecule has 192 valence electrons. The summed E-state index contributed by atoms with van der Waals surface area (Å²) in [6.07, 6.45) is 1.61. The second-order valence-electron chi connectivity index (χ2n) is 8.50. The third kappa shape index (κ3) is 5.68. The van der Waals surface area contributed by atoms with Crippen molar-refractivity contribution in [1.29, 1.82) is 5.26 Å². The van der Waals surface area contributed by atoms with Crippen molar-refractivity contribution in [1.82, 2.24) is 9.66 Å². The fourth-order valence-corrected chi connectivity index (χ4v) is 4.88. The molecular formula is C31H23IN4O3. The number of hydrogen-bond acceptors (Lipinski definition) is 6. The minimum absolute atomic E-state index is 0.228. The first-order valence-corrected chi connectivity index (χ1v) is 13.4. The maximum absolute atomic E-state index is 13.4. The van der Waals surface area contributed by atoms with Gasteiger partial charge in [0, 0.05) is 11.1 Å². The molecule has 1 aromatic heterocycles. The Morgan fingerprint density at radius 3 is 2.54 bits per heavy atom. The normalized spacial score (nSPS) is 11.0. The average Bonchev–Trinajstić information content (AvgIpc) is 2.97. The largest absolute Gasteiger partial charge is 0.490 e. The lowest BCUT2D eigenvalue weighted by atomic mass is 10.1. The van der Waals surface area contributed by atoms with Crippen molar-refractivity contribution in [2.24, 2.45) is 5.10 Å². The van der Waals surface area contributed by atoms with Crippen LogP contribution < -0.4 is 15.0 Å². The van der Waals surface area contributed by atoms with E-state index in [9.17, 15) is 10.1 Å². The van der Waals surface area contributed by atoms with Gasteiger partial charge in [0.2, 0.25) is 0 Å². The summed E-state index contributed by atoms with van der Waals surface area (Å²) in [5, 5.41) is 14.5. The van der Waals surface area contributed by atoms with Crippen LogP contribution in [0.4, 0.5) is 0 Å². The second kappa shape index (κ2) is 11.9. The van der Waals surface area contributed by atoms with Gasteiger partial charge in [-0.05, 0) is 65.4 Å². The zero-order chi connectivity index (χ0) is 27.2. The Kier molecular flexibility index (Phi) is 7.99. The Morgan fingerprint density at radius 2 is 1.74 bits per heavy atom. The van der Waals surface area contributed by atoms with Gasteiger partial charge in [-0.3, -0.25) is 4.79 Å². The van der Waals surface area contributed by atoms with Crippen LogP contribution in [0.15, 0.2) is 101 Å². The monoisotopic (exact) mass is 626 g/mol. The number of aromatic nitrogens is 2. The van der Waals surface area contributed by atoms with Gasteiger partial charge in [0.15, 0.2) is 17.3 Å². The van der Waals surface area contributed by atoms with Crippen LogP contribution in [-0.2, 0) is 6.61 Å². The Bertz CT molecular complexity index is 1780.